The molecule has 0 fully saturated rings. The van der Waals surface area contributed by atoms with E-state index in [-0.39, 0.29) is 10.8 Å². The molecule has 4 nitrogen and oxygen atoms in total. The topological polar surface area (TPSA) is 60.4 Å². The second kappa shape index (κ2) is 33.1. The highest BCUT2D eigenvalue weighted by molar-refractivity contribution is 9.11. The van der Waals surface area contributed by atoms with E-state index >= 15 is 0 Å². The van der Waals surface area contributed by atoms with Crippen molar-refractivity contribution in [3.8, 4) is 21.3 Å². The first-order chi connectivity index (χ1) is 31.3. The lowest BCUT2D eigenvalue weighted by molar-refractivity contribution is 0.400. The number of hydrogen-bond donors (Lipinski definition) is 0. The normalized spacial score (nSPS) is 12.8. The van der Waals surface area contributed by atoms with E-state index in [0.717, 1.165) is 30.2 Å². The maximum atomic E-state index is 13.7. The molecular formula is C56H86Br2O4S2. The van der Waals surface area contributed by atoms with Gasteiger partial charge >= 0.3 is 11.3 Å². The van der Waals surface area contributed by atoms with Crippen molar-refractivity contribution in [3.05, 3.63) is 63.8 Å². The molecule has 0 radical (unpaired) electrons. The van der Waals surface area contributed by atoms with Crippen LogP contribution < -0.4 is 11.3 Å². The summed E-state index contributed by atoms with van der Waals surface area (Å²) in [5.41, 5.74) is 1.55. The van der Waals surface area contributed by atoms with Crippen molar-refractivity contribution in [1.82, 2.24) is 0 Å². The van der Waals surface area contributed by atoms with Crippen molar-refractivity contribution in [3.63, 3.8) is 0 Å². The molecule has 0 saturated carbocycles. The Kier molecular flexibility index (Phi) is 28.5. The minimum Gasteiger partial charge on any atom is -0.421 e. The van der Waals surface area contributed by atoms with E-state index in [1.165, 1.54) is 217 Å². The Morgan fingerprint density at radius 3 is 0.953 bits per heavy atom. The van der Waals surface area contributed by atoms with Crippen molar-refractivity contribution >= 4 is 65.3 Å². The molecule has 0 spiro atoms. The summed E-state index contributed by atoms with van der Waals surface area (Å²) in [5.74, 6) is 2.13. The van der Waals surface area contributed by atoms with Crippen LogP contribution in [0.1, 0.15) is 244 Å². The van der Waals surface area contributed by atoms with Crippen LogP contribution in [0.4, 0.5) is 0 Å². The van der Waals surface area contributed by atoms with Crippen LogP contribution in [0.15, 0.2) is 50.3 Å². The number of hydrogen-bond acceptors (Lipinski definition) is 6. The average molecular weight is 1050 g/mol. The Balaban J connectivity index is 1.44. The quantitative estimate of drug-likeness (QED) is 0.0420. The van der Waals surface area contributed by atoms with E-state index in [9.17, 15) is 9.59 Å². The van der Waals surface area contributed by atoms with E-state index in [2.05, 4.69) is 71.7 Å². The Morgan fingerprint density at radius 2 is 0.672 bits per heavy atom. The second-order valence-corrected chi connectivity index (χ2v) is 24.0. The maximum absolute atomic E-state index is 13.7. The lowest BCUT2D eigenvalue weighted by Gasteiger charge is -2.17. The van der Waals surface area contributed by atoms with Crippen molar-refractivity contribution in [2.45, 2.75) is 246 Å². The Bertz CT molecular complexity index is 1820. The van der Waals surface area contributed by atoms with Crippen molar-refractivity contribution in [2.75, 3.05) is 0 Å². The Hall–Kier alpha value is -1.48. The fraction of sp³-hybridized carbons (Fsp3) is 0.714. The smallest absolute Gasteiger partial charge is 0.344 e. The van der Waals surface area contributed by atoms with E-state index in [0.29, 0.717) is 23.4 Å². The van der Waals surface area contributed by atoms with Gasteiger partial charge in [0.1, 0.15) is 11.5 Å². The molecule has 2 atom stereocenters. The molecule has 4 rings (SSSR count). The molecule has 0 amide bonds. The highest BCUT2D eigenvalue weighted by Gasteiger charge is 2.21. The summed E-state index contributed by atoms with van der Waals surface area (Å²) >= 11 is 10.9. The van der Waals surface area contributed by atoms with Gasteiger partial charge in [0.15, 0.2) is 0 Å². The first-order valence-electron chi connectivity index (χ1n) is 26.5. The molecule has 0 aliphatic heterocycles. The zero-order valence-electron chi connectivity index (χ0n) is 40.7. The summed E-state index contributed by atoms with van der Waals surface area (Å²) in [5, 5.41) is 0.550. The molecule has 4 aromatic rings. The van der Waals surface area contributed by atoms with E-state index in [1.54, 1.807) is 34.8 Å². The summed E-state index contributed by atoms with van der Waals surface area (Å²) in [7, 11) is 0. The fourth-order valence-electron chi connectivity index (χ4n) is 9.58. The van der Waals surface area contributed by atoms with Gasteiger partial charge in [0.2, 0.25) is 0 Å². The Labute approximate surface area is 414 Å². The molecule has 2 unspecified atom stereocenters. The third-order valence-electron chi connectivity index (χ3n) is 13.6. The molecule has 4 aromatic heterocycles. The summed E-state index contributed by atoms with van der Waals surface area (Å²) in [6.07, 6.45) is 44.4. The first kappa shape index (κ1) is 55.1. The number of unbranched alkanes of at least 4 members (excludes halogenated alkanes) is 24. The van der Waals surface area contributed by atoms with E-state index in [4.69, 9.17) is 8.83 Å². The summed E-state index contributed by atoms with van der Waals surface area (Å²) in [4.78, 5) is 29.1. The zero-order chi connectivity index (χ0) is 45.8. The van der Waals surface area contributed by atoms with Crippen LogP contribution in [0.5, 0.6) is 0 Å². The van der Waals surface area contributed by atoms with E-state index in [1.807, 2.05) is 0 Å². The van der Waals surface area contributed by atoms with Gasteiger partial charge in [-0.05, 0) is 91.9 Å². The second-order valence-electron chi connectivity index (χ2n) is 19.2. The van der Waals surface area contributed by atoms with Gasteiger partial charge in [-0.1, -0.05) is 233 Å². The van der Waals surface area contributed by atoms with Crippen molar-refractivity contribution < 1.29 is 8.83 Å². The number of halogens is 2. The number of rotatable bonds is 38. The lowest BCUT2D eigenvalue weighted by Crippen LogP contribution is -2.08. The highest BCUT2D eigenvalue weighted by Crippen LogP contribution is 2.40. The van der Waals surface area contributed by atoms with Crippen LogP contribution in [0, 0.1) is 11.8 Å². The first-order valence-corrected chi connectivity index (χ1v) is 29.7. The van der Waals surface area contributed by atoms with Gasteiger partial charge < -0.3 is 8.83 Å². The van der Waals surface area contributed by atoms with Crippen molar-refractivity contribution in [2.24, 2.45) is 11.8 Å². The molecule has 0 N–H and O–H groups in total. The largest absolute Gasteiger partial charge is 0.421 e. The van der Waals surface area contributed by atoms with Gasteiger partial charge in [-0.15, -0.1) is 22.7 Å². The molecule has 0 aliphatic rings. The minimum atomic E-state index is -0.497. The predicted octanol–water partition coefficient (Wildman–Crippen LogP) is 20.6. The monoisotopic (exact) mass is 1040 g/mol. The summed E-state index contributed by atoms with van der Waals surface area (Å²) in [6, 6.07) is 7.79. The Morgan fingerprint density at radius 1 is 0.406 bits per heavy atom. The van der Waals surface area contributed by atoms with Crippen LogP contribution >= 0.6 is 54.5 Å². The van der Waals surface area contributed by atoms with Crippen LogP contribution in [0.3, 0.4) is 0 Å². The van der Waals surface area contributed by atoms with Gasteiger partial charge in [0, 0.05) is 0 Å². The number of thiophene rings is 2. The summed E-state index contributed by atoms with van der Waals surface area (Å²) < 4.78 is 14.2. The minimum absolute atomic E-state index is 0.275. The SMILES string of the molecule is CCCCCCCCCCC(CCCCCCCC)Cc1cc(-c2cc3c(=O)oc(-c4cc(CC(CCCCCCCC)CCCCCCCCCC)c(Br)s4)cc3c(=O)o2)sc1Br. The highest BCUT2D eigenvalue weighted by atomic mass is 79.9. The lowest BCUT2D eigenvalue weighted by atomic mass is 9.89. The third-order valence-corrected chi connectivity index (χ3v) is 17.5. The van der Waals surface area contributed by atoms with Crippen molar-refractivity contribution in [1.29, 1.82) is 0 Å². The van der Waals surface area contributed by atoms with E-state index < -0.39 is 11.3 Å². The standard InChI is InChI=1S/C56H86Br2O4S2/c1-5-9-13-17-21-23-27-31-35-43(33-29-25-19-15-11-7-3)37-45-39-51(63-53(45)57)49-41-47-48(55(59)61-49)42-50(62-56(47)60)52-40-46(54(58)64-52)38-44(34-30-26-20-16-12-8-4)36-32-28-24-22-18-14-10-6-2/h39-44H,5-38H2,1-4H3. The fourth-order valence-corrected chi connectivity index (χ4v) is 12.9. The zero-order valence-corrected chi connectivity index (χ0v) is 45.5. The van der Waals surface area contributed by atoms with Gasteiger partial charge in [0.25, 0.3) is 0 Å². The molecule has 8 heteroatoms. The van der Waals surface area contributed by atoms with Gasteiger partial charge in [-0.3, -0.25) is 0 Å². The van der Waals surface area contributed by atoms with Crippen LogP contribution in [0.25, 0.3) is 32.0 Å². The molecule has 0 aromatic carbocycles. The molecule has 4 heterocycles. The molecular weight excluding hydrogens is 961 g/mol. The predicted molar refractivity (Wildman–Crippen MR) is 288 cm³/mol. The van der Waals surface area contributed by atoms with Gasteiger partial charge in [-0.25, -0.2) is 9.59 Å². The average Bonchev–Trinajstić information content (AvgIpc) is 3.85. The van der Waals surface area contributed by atoms with Gasteiger partial charge in [-0.2, -0.15) is 0 Å². The van der Waals surface area contributed by atoms with Crippen LogP contribution in [0.2, 0.25) is 0 Å². The van der Waals surface area contributed by atoms with Crippen LogP contribution in [-0.2, 0) is 12.8 Å². The molecule has 0 aliphatic carbocycles. The maximum Gasteiger partial charge on any atom is 0.344 e. The molecule has 64 heavy (non-hydrogen) atoms. The molecule has 360 valence electrons. The molecule has 0 bridgehead atoms. The number of fused-ring (bicyclic) bond motifs is 1. The third kappa shape index (κ3) is 20.4. The van der Waals surface area contributed by atoms with Gasteiger partial charge in [0.05, 0.1) is 28.1 Å². The molecule has 0 saturated heterocycles. The summed E-state index contributed by atoms with van der Waals surface area (Å²) in [6.45, 7) is 9.14. The van der Waals surface area contributed by atoms with Crippen LogP contribution in [-0.4, -0.2) is 0 Å².